The van der Waals surface area contributed by atoms with Crippen LogP contribution in [0.5, 0.6) is 0 Å². The third kappa shape index (κ3) is 3.27. The monoisotopic (exact) mass is 266 g/mol. The fourth-order valence-corrected chi connectivity index (χ4v) is 2.43. The molecule has 1 heterocycles. The van der Waals surface area contributed by atoms with Gasteiger partial charge in [0.15, 0.2) is 0 Å². The Hall–Kier alpha value is -1.98. The van der Waals surface area contributed by atoms with Gasteiger partial charge in [-0.15, -0.1) is 0 Å². The number of hydrogen-bond acceptors (Lipinski definition) is 3. The van der Waals surface area contributed by atoms with Gasteiger partial charge in [0, 0.05) is 23.9 Å². The van der Waals surface area contributed by atoms with Gasteiger partial charge in [0.05, 0.1) is 0 Å². The molecular formula is C13H15FN2O3. The van der Waals surface area contributed by atoms with Crippen LogP contribution in [0.15, 0.2) is 18.3 Å². The Morgan fingerprint density at radius 2 is 2.11 bits per heavy atom. The summed E-state index contributed by atoms with van der Waals surface area (Å²) in [5, 5.41) is 8.91. The van der Waals surface area contributed by atoms with Crippen LogP contribution in [0.25, 0.3) is 0 Å². The number of pyridine rings is 1. The number of aromatic nitrogens is 1. The molecule has 19 heavy (non-hydrogen) atoms. The molecule has 1 aromatic heterocycles. The number of carboxylic acids is 1. The first-order chi connectivity index (χ1) is 9.08. The molecule has 1 amide bonds. The molecule has 0 spiro atoms. The lowest BCUT2D eigenvalue weighted by Crippen LogP contribution is -2.42. The Labute approximate surface area is 110 Å². The van der Waals surface area contributed by atoms with E-state index in [4.69, 9.17) is 5.11 Å². The van der Waals surface area contributed by atoms with Crippen molar-refractivity contribution in [3.63, 3.8) is 0 Å². The number of aliphatic carboxylic acids is 1. The first kappa shape index (κ1) is 13.5. The van der Waals surface area contributed by atoms with Crippen LogP contribution in [0, 0.1) is 5.95 Å². The van der Waals surface area contributed by atoms with Gasteiger partial charge < -0.3 is 10.0 Å². The van der Waals surface area contributed by atoms with Gasteiger partial charge in [-0.25, -0.2) is 4.98 Å². The molecule has 2 rings (SSSR count). The minimum atomic E-state index is -1.06. The fourth-order valence-electron chi connectivity index (χ4n) is 2.43. The second kappa shape index (κ2) is 5.77. The normalized spacial score (nSPS) is 15.4. The second-order valence-electron chi connectivity index (χ2n) is 4.63. The Bertz CT molecular complexity index is 487. The first-order valence-corrected chi connectivity index (χ1v) is 6.22. The number of carbonyl (C=O) groups is 2. The minimum absolute atomic E-state index is 0.0696. The van der Waals surface area contributed by atoms with Crippen LogP contribution in [0.3, 0.4) is 0 Å². The van der Waals surface area contributed by atoms with Crippen LogP contribution in [-0.2, 0) is 4.79 Å². The lowest BCUT2D eigenvalue weighted by Gasteiger charge is -2.27. The number of hydrogen-bond donors (Lipinski definition) is 1. The van der Waals surface area contributed by atoms with Gasteiger partial charge in [-0.2, -0.15) is 4.39 Å². The summed E-state index contributed by atoms with van der Waals surface area (Å²) in [6, 6.07) is 2.36. The van der Waals surface area contributed by atoms with Crippen LogP contribution in [0.2, 0.25) is 0 Å². The van der Waals surface area contributed by atoms with Crippen molar-refractivity contribution in [1.82, 2.24) is 9.88 Å². The van der Waals surface area contributed by atoms with Crippen LogP contribution >= 0.6 is 0 Å². The summed E-state index contributed by atoms with van der Waals surface area (Å²) in [6.07, 6.45) is 4.77. The molecule has 6 heteroatoms. The van der Waals surface area contributed by atoms with Gasteiger partial charge in [-0.05, 0) is 18.9 Å². The molecule has 1 aliphatic carbocycles. The van der Waals surface area contributed by atoms with E-state index in [0.29, 0.717) is 0 Å². The summed E-state index contributed by atoms with van der Waals surface area (Å²) < 4.78 is 13.0. The summed E-state index contributed by atoms with van der Waals surface area (Å²) in [5.41, 5.74) is 0.139. The number of amides is 1. The molecule has 0 aliphatic heterocycles. The lowest BCUT2D eigenvalue weighted by molar-refractivity contribution is -0.138. The Balaban J connectivity index is 2.21. The van der Waals surface area contributed by atoms with Gasteiger partial charge in [-0.1, -0.05) is 12.8 Å². The van der Waals surface area contributed by atoms with E-state index in [-0.39, 0.29) is 18.2 Å². The van der Waals surface area contributed by atoms with Crippen LogP contribution < -0.4 is 0 Å². The molecule has 0 saturated heterocycles. The summed E-state index contributed by atoms with van der Waals surface area (Å²) >= 11 is 0. The van der Waals surface area contributed by atoms with E-state index in [2.05, 4.69) is 4.98 Å². The van der Waals surface area contributed by atoms with E-state index in [9.17, 15) is 14.0 Å². The van der Waals surface area contributed by atoms with E-state index >= 15 is 0 Å². The zero-order chi connectivity index (χ0) is 13.8. The number of nitrogens with zero attached hydrogens (tertiary/aromatic N) is 2. The van der Waals surface area contributed by atoms with Crippen molar-refractivity contribution in [2.24, 2.45) is 0 Å². The SMILES string of the molecule is O=C(O)CN(C(=O)c1ccnc(F)c1)C1CCCC1. The van der Waals surface area contributed by atoms with Crippen molar-refractivity contribution >= 4 is 11.9 Å². The summed E-state index contributed by atoms with van der Waals surface area (Å²) in [5.74, 6) is -2.25. The van der Waals surface area contributed by atoms with Crippen molar-refractivity contribution in [1.29, 1.82) is 0 Å². The average molecular weight is 266 g/mol. The average Bonchev–Trinajstić information content (AvgIpc) is 2.88. The van der Waals surface area contributed by atoms with E-state index in [1.807, 2.05) is 0 Å². The molecule has 0 atom stereocenters. The van der Waals surface area contributed by atoms with Gasteiger partial charge in [0.25, 0.3) is 5.91 Å². The number of carboxylic acid groups (broad SMARTS) is 1. The summed E-state index contributed by atoms with van der Waals surface area (Å²) in [6.45, 7) is -0.354. The molecule has 1 saturated carbocycles. The van der Waals surface area contributed by atoms with E-state index < -0.39 is 17.8 Å². The van der Waals surface area contributed by atoms with E-state index in [1.54, 1.807) is 0 Å². The predicted octanol–water partition coefficient (Wildman–Crippen LogP) is 1.69. The molecule has 102 valence electrons. The zero-order valence-corrected chi connectivity index (χ0v) is 10.4. The van der Waals surface area contributed by atoms with Crippen molar-refractivity contribution in [3.8, 4) is 0 Å². The third-order valence-electron chi connectivity index (χ3n) is 3.31. The largest absolute Gasteiger partial charge is 0.480 e. The Morgan fingerprint density at radius 3 is 2.68 bits per heavy atom. The topological polar surface area (TPSA) is 70.5 Å². The molecule has 0 aromatic carbocycles. The molecule has 0 unspecified atom stereocenters. The van der Waals surface area contributed by atoms with E-state index in [0.717, 1.165) is 31.7 Å². The number of rotatable bonds is 4. The van der Waals surface area contributed by atoms with Gasteiger partial charge in [0.1, 0.15) is 6.54 Å². The van der Waals surface area contributed by atoms with Crippen molar-refractivity contribution in [2.75, 3.05) is 6.54 Å². The molecule has 0 radical (unpaired) electrons. The highest BCUT2D eigenvalue weighted by Crippen LogP contribution is 2.24. The van der Waals surface area contributed by atoms with Crippen molar-refractivity contribution < 1.29 is 19.1 Å². The highest BCUT2D eigenvalue weighted by atomic mass is 19.1. The van der Waals surface area contributed by atoms with Gasteiger partial charge in [0.2, 0.25) is 5.95 Å². The highest BCUT2D eigenvalue weighted by Gasteiger charge is 2.29. The maximum atomic E-state index is 13.0. The standard InChI is InChI=1S/C13H15FN2O3/c14-11-7-9(5-6-15-11)13(19)16(8-12(17)18)10-3-1-2-4-10/h5-7,10H,1-4,8H2,(H,17,18). The lowest BCUT2D eigenvalue weighted by atomic mass is 10.1. The first-order valence-electron chi connectivity index (χ1n) is 6.22. The van der Waals surface area contributed by atoms with Gasteiger partial charge in [-0.3, -0.25) is 9.59 Å². The quantitative estimate of drug-likeness (QED) is 0.842. The van der Waals surface area contributed by atoms with Crippen LogP contribution in [0.1, 0.15) is 36.0 Å². The molecule has 1 aromatic rings. The zero-order valence-electron chi connectivity index (χ0n) is 10.4. The van der Waals surface area contributed by atoms with Crippen molar-refractivity contribution in [3.05, 3.63) is 29.8 Å². The van der Waals surface area contributed by atoms with Gasteiger partial charge >= 0.3 is 5.97 Å². The van der Waals surface area contributed by atoms with Crippen LogP contribution in [-0.4, -0.2) is 39.5 Å². The highest BCUT2D eigenvalue weighted by molar-refractivity contribution is 5.96. The third-order valence-corrected chi connectivity index (χ3v) is 3.31. The predicted molar refractivity (Wildman–Crippen MR) is 65.1 cm³/mol. The Kier molecular flexibility index (Phi) is 4.09. The fraction of sp³-hybridized carbons (Fsp3) is 0.462. The minimum Gasteiger partial charge on any atom is -0.480 e. The maximum Gasteiger partial charge on any atom is 0.323 e. The summed E-state index contributed by atoms with van der Waals surface area (Å²) in [7, 11) is 0. The molecule has 5 nitrogen and oxygen atoms in total. The number of halogens is 1. The van der Waals surface area contributed by atoms with Crippen molar-refractivity contribution in [2.45, 2.75) is 31.7 Å². The second-order valence-corrected chi connectivity index (χ2v) is 4.63. The number of carbonyl (C=O) groups excluding carboxylic acids is 1. The molecule has 0 bridgehead atoms. The van der Waals surface area contributed by atoms with Crippen LogP contribution in [0.4, 0.5) is 4.39 Å². The Morgan fingerprint density at radius 1 is 1.42 bits per heavy atom. The van der Waals surface area contributed by atoms with E-state index in [1.165, 1.54) is 17.2 Å². The molecule has 1 N–H and O–H groups in total. The molecule has 1 aliphatic rings. The molecule has 1 fully saturated rings. The maximum absolute atomic E-state index is 13.0. The molecular weight excluding hydrogens is 251 g/mol. The summed E-state index contributed by atoms with van der Waals surface area (Å²) in [4.78, 5) is 27.9. The smallest absolute Gasteiger partial charge is 0.323 e.